The summed E-state index contributed by atoms with van der Waals surface area (Å²) in [4.78, 5) is 7.32. The van der Waals surface area contributed by atoms with Crippen molar-refractivity contribution in [3.8, 4) is 0 Å². The molecule has 0 aromatic carbocycles. The molecule has 2 N–H and O–H groups in total. The molecule has 26 heavy (non-hydrogen) atoms. The number of hydrogen-bond acceptors (Lipinski definition) is 3. The van der Waals surface area contributed by atoms with Crippen LogP contribution in [0.2, 0.25) is 0 Å². The second-order valence-corrected chi connectivity index (χ2v) is 7.43. The highest BCUT2D eigenvalue weighted by Gasteiger charge is 2.20. The van der Waals surface area contributed by atoms with E-state index in [1.165, 1.54) is 32.5 Å². The molecule has 1 aromatic heterocycles. The van der Waals surface area contributed by atoms with Crippen LogP contribution in [-0.4, -0.2) is 50.1 Å². The Morgan fingerprint density at radius 3 is 2.65 bits per heavy atom. The van der Waals surface area contributed by atoms with Gasteiger partial charge in [0.25, 0.3) is 0 Å². The summed E-state index contributed by atoms with van der Waals surface area (Å²) < 4.78 is 5.36. The lowest BCUT2D eigenvalue weighted by Gasteiger charge is -2.34. The highest BCUT2D eigenvalue weighted by Crippen LogP contribution is 2.20. The molecule has 150 valence electrons. The summed E-state index contributed by atoms with van der Waals surface area (Å²) in [7, 11) is 0. The molecule has 2 heterocycles. The fraction of sp³-hybridized carbons (Fsp3) is 0.750. The van der Waals surface area contributed by atoms with E-state index in [9.17, 15) is 0 Å². The Kier molecular flexibility index (Phi) is 12.0. The smallest absolute Gasteiger partial charge is 0.191 e. The van der Waals surface area contributed by atoms with Gasteiger partial charge in [-0.05, 0) is 56.7 Å². The van der Waals surface area contributed by atoms with Gasteiger partial charge in [0.1, 0.15) is 5.76 Å². The summed E-state index contributed by atoms with van der Waals surface area (Å²) in [6.07, 6.45) is 6.36. The molecule has 0 radical (unpaired) electrons. The number of piperidine rings is 1. The van der Waals surface area contributed by atoms with Gasteiger partial charge in [0.05, 0.1) is 6.26 Å². The second-order valence-electron chi connectivity index (χ2n) is 7.43. The largest absolute Gasteiger partial charge is 0.469 e. The minimum absolute atomic E-state index is 0. The number of likely N-dealkylation sites (tertiary alicyclic amines) is 1. The van der Waals surface area contributed by atoms with Crippen molar-refractivity contribution in [2.45, 2.75) is 46.5 Å². The van der Waals surface area contributed by atoms with Crippen LogP contribution in [0.3, 0.4) is 0 Å². The number of aliphatic imine (C=N–C) groups is 1. The number of unbranched alkanes of at least 4 members (excludes halogenated alkanes) is 1. The fourth-order valence-corrected chi connectivity index (χ4v) is 3.71. The van der Waals surface area contributed by atoms with Crippen LogP contribution in [0.5, 0.6) is 0 Å². The third kappa shape index (κ3) is 9.26. The van der Waals surface area contributed by atoms with Gasteiger partial charge < -0.3 is 20.0 Å². The molecule has 5 nitrogen and oxygen atoms in total. The van der Waals surface area contributed by atoms with Crippen molar-refractivity contribution in [3.63, 3.8) is 0 Å². The SMILES string of the molecule is CCNC(=NCCCCN1CC(C)CC(C)C1)NCCc1ccco1.I. The Morgan fingerprint density at radius 1 is 1.23 bits per heavy atom. The summed E-state index contributed by atoms with van der Waals surface area (Å²) in [5, 5.41) is 6.69. The van der Waals surface area contributed by atoms with Gasteiger partial charge >= 0.3 is 0 Å². The van der Waals surface area contributed by atoms with E-state index in [1.807, 2.05) is 12.1 Å². The zero-order valence-electron chi connectivity index (χ0n) is 16.7. The molecule has 6 heteroatoms. The van der Waals surface area contributed by atoms with E-state index in [2.05, 4.69) is 36.3 Å². The molecule has 0 saturated carbocycles. The van der Waals surface area contributed by atoms with Crippen LogP contribution in [0.4, 0.5) is 0 Å². The summed E-state index contributed by atoms with van der Waals surface area (Å²) in [6.45, 7) is 13.2. The van der Waals surface area contributed by atoms with Crippen molar-refractivity contribution >= 4 is 29.9 Å². The first-order valence-corrected chi connectivity index (χ1v) is 9.94. The first-order chi connectivity index (χ1) is 12.2. The summed E-state index contributed by atoms with van der Waals surface area (Å²) >= 11 is 0. The van der Waals surface area contributed by atoms with Crippen LogP contribution in [0.25, 0.3) is 0 Å². The van der Waals surface area contributed by atoms with E-state index in [0.29, 0.717) is 0 Å². The van der Waals surface area contributed by atoms with Crippen molar-refractivity contribution in [2.75, 3.05) is 39.3 Å². The molecular formula is C20H37IN4O. The van der Waals surface area contributed by atoms with Gasteiger partial charge in [-0.1, -0.05) is 13.8 Å². The van der Waals surface area contributed by atoms with Gasteiger partial charge in [-0.25, -0.2) is 0 Å². The van der Waals surface area contributed by atoms with E-state index < -0.39 is 0 Å². The van der Waals surface area contributed by atoms with Crippen LogP contribution in [0, 0.1) is 11.8 Å². The summed E-state index contributed by atoms with van der Waals surface area (Å²) in [5.74, 6) is 3.61. The van der Waals surface area contributed by atoms with Gasteiger partial charge in [-0.2, -0.15) is 0 Å². The lowest BCUT2D eigenvalue weighted by molar-refractivity contribution is 0.139. The Labute approximate surface area is 176 Å². The van der Waals surface area contributed by atoms with Crippen LogP contribution in [0.1, 0.15) is 45.8 Å². The normalized spacial score (nSPS) is 21.3. The number of guanidine groups is 1. The number of rotatable bonds is 9. The van der Waals surface area contributed by atoms with Crippen molar-refractivity contribution in [1.82, 2.24) is 15.5 Å². The van der Waals surface area contributed by atoms with Crippen LogP contribution in [-0.2, 0) is 6.42 Å². The first kappa shape index (κ1) is 23.3. The number of nitrogens with zero attached hydrogens (tertiary/aromatic N) is 2. The van der Waals surface area contributed by atoms with E-state index in [4.69, 9.17) is 9.41 Å². The van der Waals surface area contributed by atoms with E-state index >= 15 is 0 Å². The molecule has 1 aliphatic heterocycles. The molecule has 0 aliphatic carbocycles. The van der Waals surface area contributed by atoms with Crippen molar-refractivity contribution in [2.24, 2.45) is 16.8 Å². The Morgan fingerprint density at radius 2 is 2.00 bits per heavy atom. The quantitative estimate of drug-likeness (QED) is 0.247. The van der Waals surface area contributed by atoms with Crippen molar-refractivity contribution in [3.05, 3.63) is 24.2 Å². The standard InChI is InChI=1S/C20H36N4O.HI/c1-4-21-20(23-11-9-19-8-7-13-25-19)22-10-5-6-12-24-15-17(2)14-18(3)16-24;/h7-8,13,17-18H,4-6,9-12,14-16H2,1-3H3,(H2,21,22,23);1H. The molecule has 1 aliphatic rings. The minimum Gasteiger partial charge on any atom is -0.469 e. The average Bonchev–Trinajstić information content (AvgIpc) is 3.07. The zero-order valence-corrected chi connectivity index (χ0v) is 19.0. The van der Waals surface area contributed by atoms with E-state index in [-0.39, 0.29) is 24.0 Å². The number of nitrogens with one attached hydrogen (secondary N) is 2. The molecule has 2 unspecified atom stereocenters. The molecule has 1 saturated heterocycles. The predicted octanol–water partition coefficient (Wildman–Crippen LogP) is 3.75. The maximum absolute atomic E-state index is 5.36. The summed E-state index contributed by atoms with van der Waals surface area (Å²) in [5.41, 5.74) is 0. The number of furan rings is 1. The minimum atomic E-state index is 0. The predicted molar refractivity (Wildman–Crippen MR) is 120 cm³/mol. The highest BCUT2D eigenvalue weighted by molar-refractivity contribution is 14.0. The molecule has 2 rings (SSSR count). The maximum atomic E-state index is 5.36. The van der Waals surface area contributed by atoms with Gasteiger partial charge in [0.2, 0.25) is 0 Å². The van der Waals surface area contributed by atoms with Gasteiger partial charge in [-0.15, -0.1) is 24.0 Å². The number of hydrogen-bond donors (Lipinski definition) is 2. The van der Waals surface area contributed by atoms with Crippen molar-refractivity contribution < 1.29 is 4.42 Å². The molecule has 0 spiro atoms. The van der Waals surface area contributed by atoms with Crippen LogP contribution >= 0.6 is 24.0 Å². The Hall–Kier alpha value is -0.760. The van der Waals surface area contributed by atoms with E-state index in [1.54, 1.807) is 6.26 Å². The van der Waals surface area contributed by atoms with Crippen LogP contribution < -0.4 is 10.6 Å². The Bertz CT molecular complexity index is 482. The lowest BCUT2D eigenvalue weighted by Crippen LogP contribution is -2.39. The third-order valence-corrected chi connectivity index (χ3v) is 4.69. The molecule has 2 atom stereocenters. The van der Waals surface area contributed by atoms with Gasteiger partial charge in [0.15, 0.2) is 5.96 Å². The average molecular weight is 476 g/mol. The second kappa shape index (κ2) is 13.4. The monoisotopic (exact) mass is 476 g/mol. The lowest BCUT2D eigenvalue weighted by atomic mass is 9.92. The molecule has 1 fully saturated rings. The highest BCUT2D eigenvalue weighted by atomic mass is 127. The third-order valence-electron chi connectivity index (χ3n) is 4.69. The first-order valence-electron chi connectivity index (χ1n) is 9.94. The van der Waals surface area contributed by atoms with Crippen molar-refractivity contribution in [1.29, 1.82) is 0 Å². The van der Waals surface area contributed by atoms with Gasteiger partial charge in [0, 0.05) is 39.1 Å². The zero-order chi connectivity index (χ0) is 17.9. The fourth-order valence-electron chi connectivity index (χ4n) is 3.71. The van der Waals surface area contributed by atoms with E-state index in [0.717, 1.165) is 56.0 Å². The van der Waals surface area contributed by atoms with Gasteiger partial charge in [-0.3, -0.25) is 4.99 Å². The molecule has 0 amide bonds. The molecular weight excluding hydrogens is 439 g/mol. The Balaban J connectivity index is 0.00000338. The molecule has 1 aromatic rings. The van der Waals surface area contributed by atoms with Crippen LogP contribution in [0.15, 0.2) is 27.8 Å². The topological polar surface area (TPSA) is 52.8 Å². The number of halogens is 1. The molecule has 0 bridgehead atoms. The maximum Gasteiger partial charge on any atom is 0.191 e. The summed E-state index contributed by atoms with van der Waals surface area (Å²) in [6, 6.07) is 3.94.